The molecule has 0 saturated carbocycles. The van der Waals surface area contributed by atoms with Gasteiger partial charge in [-0.15, -0.1) is 0 Å². The van der Waals surface area contributed by atoms with Crippen molar-refractivity contribution in [3.63, 3.8) is 0 Å². The molecule has 0 atom stereocenters. The van der Waals surface area contributed by atoms with Crippen molar-refractivity contribution in [1.29, 1.82) is 0 Å². The molecule has 0 bridgehead atoms. The smallest absolute Gasteiger partial charge is 0.457 e. The molecule has 0 unspecified atom stereocenters. The zero-order valence-electron chi connectivity index (χ0n) is 42.7. The van der Waals surface area contributed by atoms with Crippen LogP contribution in [-0.4, -0.2) is 15.6 Å². The Morgan fingerprint density at radius 2 is 0.987 bits per heavy atom. The van der Waals surface area contributed by atoms with E-state index in [0.717, 1.165) is 100 Å². The average molecular weight is 981 g/mol. The first-order valence-corrected chi connectivity index (χ1v) is 25.4. The topological polar surface area (TPSA) is 33.1 Å². The molecule has 0 N–H and O–H groups in total. The molecular weight excluding hydrogens is 927 g/mol. The normalized spacial score (nSPS) is 12.5. The molecule has 364 valence electrons. The average Bonchev–Trinajstić information content (AvgIpc) is 3.99. The third-order valence-corrected chi connectivity index (χ3v) is 14.3. The van der Waals surface area contributed by atoms with Gasteiger partial charge in [-0.25, -0.2) is 13.8 Å². The van der Waals surface area contributed by atoms with Gasteiger partial charge in [0.15, 0.2) is 0 Å². The first kappa shape index (κ1) is 47.0. The minimum absolute atomic E-state index is 0.0658. The fraction of sp³-hybridized carbons (Fsp3) is 0.118. The van der Waals surface area contributed by atoms with Crippen LogP contribution in [0.15, 0.2) is 219 Å². The molecule has 9 aromatic carbocycles. The third kappa shape index (κ3) is 8.92. The van der Waals surface area contributed by atoms with E-state index in [-0.39, 0.29) is 22.5 Å². The van der Waals surface area contributed by atoms with Crippen LogP contribution in [0.2, 0.25) is 0 Å². The summed E-state index contributed by atoms with van der Waals surface area (Å²) in [6.45, 7) is 13.2. The SMILES string of the molecule is CC(C)(C)c1ccnc(-n2c3ccccc3c3ccc(Oc4cc(-c5ccc(-c6ccccc6)cc5)cc([N+]5=C=[N+](c6c(-c7ccc(F)cc7)cc(C(C)(C)C)cc6-c6ccc(F)cc6)c6ccccc65)c4)cc32)c1. The van der Waals surface area contributed by atoms with E-state index in [4.69, 9.17) is 9.72 Å². The van der Waals surface area contributed by atoms with Crippen molar-refractivity contribution in [3.8, 4) is 61.8 Å². The summed E-state index contributed by atoms with van der Waals surface area (Å²) in [4.78, 5) is 4.92. The molecule has 75 heavy (non-hydrogen) atoms. The van der Waals surface area contributed by atoms with Crippen LogP contribution in [0.3, 0.4) is 0 Å². The van der Waals surface area contributed by atoms with Crippen LogP contribution in [0.4, 0.5) is 31.5 Å². The van der Waals surface area contributed by atoms with Gasteiger partial charge in [-0.05, 0) is 137 Å². The van der Waals surface area contributed by atoms with Crippen LogP contribution in [0.25, 0.3) is 72.1 Å². The van der Waals surface area contributed by atoms with Crippen molar-refractivity contribution in [1.82, 2.24) is 18.7 Å². The molecule has 12 rings (SSSR count). The van der Waals surface area contributed by atoms with E-state index < -0.39 is 0 Å². The van der Waals surface area contributed by atoms with Crippen molar-refractivity contribution in [2.45, 2.75) is 52.4 Å². The molecular formula is C68H54F2N4O+2. The largest absolute Gasteiger partial charge is 0.503 e. The fourth-order valence-electron chi connectivity index (χ4n) is 10.3. The summed E-state index contributed by atoms with van der Waals surface area (Å²) >= 11 is 0. The van der Waals surface area contributed by atoms with Gasteiger partial charge < -0.3 is 4.74 Å². The number of rotatable bonds is 9. The lowest BCUT2D eigenvalue weighted by Crippen LogP contribution is -2.13. The highest BCUT2D eigenvalue weighted by molar-refractivity contribution is 6.09. The van der Waals surface area contributed by atoms with Gasteiger partial charge in [0.1, 0.15) is 29.0 Å². The highest BCUT2D eigenvalue weighted by Gasteiger charge is 2.40. The maximum Gasteiger partial charge on any atom is 0.503 e. The van der Waals surface area contributed by atoms with Crippen molar-refractivity contribution >= 4 is 50.6 Å². The molecule has 0 amide bonds. The summed E-state index contributed by atoms with van der Waals surface area (Å²) < 4.78 is 42.8. The van der Waals surface area contributed by atoms with E-state index in [0.29, 0.717) is 11.5 Å². The van der Waals surface area contributed by atoms with Gasteiger partial charge >= 0.3 is 6.01 Å². The van der Waals surface area contributed by atoms with Crippen LogP contribution in [0.1, 0.15) is 52.7 Å². The van der Waals surface area contributed by atoms with Gasteiger partial charge in [0.2, 0.25) is 11.4 Å². The summed E-state index contributed by atoms with van der Waals surface area (Å²) in [5.41, 5.74) is 15.1. The molecule has 7 heteroatoms. The summed E-state index contributed by atoms with van der Waals surface area (Å²) in [6, 6.07) is 74.1. The van der Waals surface area contributed by atoms with Gasteiger partial charge in [-0.1, -0.05) is 151 Å². The Labute approximate surface area is 436 Å². The number of aromatic nitrogens is 2. The number of hydrogen-bond donors (Lipinski definition) is 0. The first-order chi connectivity index (χ1) is 36.2. The molecule has 0 saturated heterocycles. The number of hydrogen-bond acceptors (Lipinski definition) is 2. The minimum Gasteiger partial charge on any atom is -0.457 e. The van der Waals surface area contributed by atoms with Gasteiger partial charge in [-0.3, -0.25) is 4.57 Å². The molecule has 0 radical (unpaired) electrons. The number of pyridine rings is 1. The van der Waals surface area contributed by atoms with Crippen LogP contribution in [-0.2, 0) is 10.8 Å². The Morgan fingerprint density at radius 3 is 1.63 bits per heavy atom. The fourth-order valence-corrected chi connectivity index (χ4v) is 10.3. The number of benzene rings is 9. The van der Waals surface area contributed by atoms with Crippen LogP contribution in [0, 0.1) is 11.6 Å². The van der Waals surface area contributed by atoms with E-state index in [1.54, 1.807) is 0 Å². The van der Waals surface area contributed by atoms with Crippen molar-refractivity contribution in [2.75, 3.05) is 0 Å². The Hall–Kier alpha value is -9.03. The molecule has 5 nitrogen and oxygen atoms in total. The van der Waals surface area contributed by atoms with Crippen molar-refractivity contribution in [2.24, 2.45) is 0 Å². The Bertz CT molecular complexity index is 4010. The monoisotopic (exact) mass is 980 g/mol. The molecule has 1 aliphatic heterocycles. The van der Waals surface area contributed by atoms with Crippen LogP contribution < -0.4 is 13.9 Å². The van der Waals surface area contributed by atoms with E-state index in [1.165, 1.54) is 29.8 Å². The lowest BCUT2D eigenvalue weighted by atomic mass is 9.82. The van der Waals surface area contributed by atoms with Crippen LogP contribution >= 0.6 is 0 Å². The predicted molar refractivity (Wildman–Crippen MR) is 305 cm³/mol. The lowest BCUT2D eigenvalue weighted by molar-refractivity contribution is 0.483. The Morgan fingerprint density at radius 1 is 0.440 bits per heavy atom. The van der Waals surface area contributed by atoms with Gasteiger partial charge in [0, 0.05) is 41.2 Å². The maximum absolute atomic E-state index is 14.7. The third-order valence-electron chi connectivity index (χ3n) is 14.3. The number of ether oxygens (including phenoxy) is 1. The number of para-hydroxylation sites is 3. The molecule has 2 aromatic heterocycles. The standard InChI is InChI=1S/C68H54F2N4O/c1-67(2,3)50-34-35-71-65(40-50)74-61-17-11-10-16-57(61)58-33-32-55(42-64(58)74)75-56-37-49(46-22-20-45(21-23-46)44-14-8-7-9-15-44)36-54(41-56)72-43-73(63-19-13-12-18-62(63)72)66-59(47-24-28-52(69)29-25-47)38-51(68(4,5)6)39-60(66)48-26-30-53(70)31-27-48/h7-42H,1-6H3/q+2. The van der Waals surface area contributed by atoms with E-state index >= 15 is 0 Å². The number of halogens is 2. The molecule has 0 fully saturated rings. The van der Waals surface area contributed by atoms with E-state index in [2.05, 4.69) is 201 Å². The van der Waals surface area contributed by atoms with E-state index in [9.17, 15) is 8.78 Å². The molecule has 11 aromatic rings. The second kappa shape index (κ2) is 18.5. The van der Waals surface area contributed by atoms with Crippen LogP contribution in [0.5, 0.6) is 11.5 Å². The van der Waals surface area contributed by atoms with Crippen molar-refractivity contribution < 1.29 is 13.5 Å². The quantitative estimate of drug-likeness (QED) is 0.135. The second-order valence-corrected chi connectivity index (χ2v) is 21.4. The highest BCUT2D eigenvalue weighted by atomic mass is 19.1. The number of fused-ring (bicyclic) bond motifs is 4. The van der Waals surface area contributed by atoms with Gasteiger partial charge in [-0.2, -0.15) is 0 Å². The summed E-state index contributed by atoms with van der Waals surface area (Å²) in [7, 11) is 0. The summed E-state index contributed by atoms with van der Waals surface area (Å²) in [5, 5.41) is 2.23. The molecule has 3 heterocycles. The number of nitrogens with zero attached hydrogens (tertiary/aromatic N) is 4. The molecule has 0 aliphatic carbocycles. The zero-order valence-corrected chi connectivity index (χ0v) is 42.7. The Balaban J connectivity index is 1.07. The molecule has 0 spiro atoms. The lowest BCUT2D eigenvalue weighted by Gasteiger charge is -2.22. The molecule has 1 aliphatic rings. The van der Waals surface area contributed by atoms with Crippen molar-refractivity contribution in [3.05, 3.63) is 241 Å². The zero-order chi connectivity index (χ0) is 51.6. The summed E-state index contributed by atoms with van der Waals surface area (Å²) in [5.74, 6) is 1.51. The Kier molecular flexibility index (Phi) is 11.6. The van der Waals surface area contributed by atoms with Gasteiger partial charge in [0.25, 0.3) is 11.4 Å². The first-order valence-electron chi connectivity index (χ1n) is 25.4. The summed E-state index contributed by atoms with van der Waals surface area (Å²) in [6.07, 6.45) is 1.90. The van der Waals surface area contributed by atoms with E-state index in [1.807, 2.05) is 54.7 Å². The maximum atomic E-state index is 14.7. The van der Waals surface area contributed by atoms with Gasteiger partial charge in [0.05, 0.1) is 28.2 Å². The minimum atomic E-state index is -0.320. The highest BCUT2D eigenvalue weighted by Crippen LogP contribution is 2.48. The second-order valence-electron chi connectivity index (χ2n) is 21.4. The predicted octanol–water partition coefficient (Wildman–Crippen LogP) is 18.4.